The second-order valence-corrected chi connectivity index (χ2v) is 3.35. The third-order valence-electron chi connectivity index (χ3n) is 2.28. The number of hydrogen-bond acceptors (Lipinski definition) is 4. The molecule has 5 heteroatoms. The molecule has 1 saturated heterocycles. The van der Waals surface area contributed by atoms with Gasteiger partial charge < -0.3 is 15.4 Å². The Kier molecular flexibility index (Phi) is 3.88. The first kappa shape index (κ1) is 11.0. The van der Waals surface area contributed by atoms with Gasteiger partial charge in [-0.15, -0.1) is 0 Å². The maximum absolute atomic E-state index is 11.4. The van der Waals surface area contributed by atoms with Gasteiger partial charge in [-0.2, -0.15) is 0 Å². The molecule has 14 heavy (non-hydrogen) atoms. The molecule has 2 N–H and O–H groups in total. The van der Waals surface area contributed by atoms with E-state index < -0.39 is 11.9 Å². The van der Waals surface area contributed by atoms with Crippen molar-refractivity contribution in [2.24, 2.45) is 5.73 Å². The smallest absolute Gasteiger partial charge is 0.397 e. The van der Waals surface area contributed by atoms with Gasteiger partial charge in [-0.1, -0.05) is 0 Å². The lowest BCUT2D eigenvalue weighted by Gasteiger charge is -2.29. The molecule has 1 aliphatic heterocycles. The van der Waals surface area contributed by atoms with Crippen molar-refractivity contribution in [3.8, 4) is 0 Å². The molecule has 5 nitrogen and oxygen atoms in total. The normalized spacial score (nSPS) is 18.0. The van der Waals surface area contributed by atoms with Crippen LogP contribution in [0.4, 0.5) is 0 Å². The number of rotatable bonds is 1. The number of esters is 1. The van der Waals surface area contributed by atoms with Crippen molar-refractivity contribution in [1.82, 2.24) is 4.90 Å². The summed E-state index contributed by atoms with van der Waals surface area (Å²) in [6.07, 6.45) is 1.51. The third-order valence-corrected chi connectivity index (χ3v) is 2.28. The van der Waals surface area contributed by atoms with Crippen molar-refractivity contribution in [1.29, 1.82) is 0 Å². The molecule has 1 aliphatic rings. The fourth-order valence-electron chi connectivity index (χ4n) is 1.42. The standard InChI is InChI=1S/C9H16N2O3/c1-2-14-9(13)8(12)11-5-3-7(10)4-6-11/h7H,2-6,10H2,1H3. The number of nitrogens with two attached hydrogens (primary N) is 1. The summed E-state index contributed by atoms with van der Waals surface area (Å²) < 4.78 is 4.62. The van der Waals surface area contributed by atoms with Crippen molar-refractivity contribution in [2.45, 2.75) is 25.8 Å². The zero-order chi connectivity index (χ0) is 10.6. The van der Waals surface area contributed by atoms with Crippen LogP contribution in [0.15, 0.2) is 0 Å². The Morgan fingerprint density at radius 3 is 2.50 bits per heavy atom. The van der Waals surface area contributed by atoms with Gasteiger partial charge in [0.05, 0.1) is 6.61 Å². The molecule has 0 aromatic heterocycles. The average molecular weight is 200 g/mol. The van der Waals surface area contributed by atoms with Crippen LogP contribution in [-0.2, 0) is 14.3 Å². The van der Waals surface area contributed by atoms with Crippen LogP contribution in [0.25, 0.3) is 0 Å². The highest BCUT2D eigenvalue weighted by atomic mass is 16.5. The maximum atomic E-state index is 11.4. The maximum Gasteiger partial charge on any atom is 0.397 e. The minimum atomic E-state index is -0.761. The Hall–Kier alpha value is -1.10. The molecule has 0 aromatic carbocycles. The van der Waals surface area contributed by atoms with Gasteiger partial charge in [0.2, 0.25) is 0 Å². The molecule has 0 atom stereocenters. The summed E-state index contributed by atoms with van der Waals surface area (Å²) in [4.78, 5) is 24.0. The van der Waals surface area contributed by atoms with E-state index in [1.54, 1.807) is 6.92 Å². The molecule has 0 unspecified atom stereocenters. The molecule has 1 rings (SSSR count). The van der Waals surface area contributed by atoms with E-state index in [0.717, 1.165) is 12.8 Å². The predicted molar refractivity (Wildman–Crippen MR) is 50.4 cm³/mol. The Morgan fingerprint density at radius 2 is 2.00 bits per heavy atom. The Morgan fingerprint density at radius 1 is 1.43 bits per heavy atom. The minimum Gasteiger partial charge on any atom is -0.459 e. The molecule has 0 aromatic rings. The summed E-state index contributed by atoms with van der Waals surface area (Å²) in [5, 5.41) is 0. The van der Waals surface area contributed by atoms with Crippen LogP contribution in [0.3, 0.4) is 0 Å². The molecule has 0 spiro atoms. The van der Waals surface area contributed by atoms with Crippen LogP contribution >= 0.6 is 0 Å². The Labute approximate surface area is 83.2 Å². The van der Waals surface area contributed by atoms with E-state index in [4.69, 9.17) is 5.73 Å². The molecule has 1 heterocycles. The average Bonchev–Trinajstić information content (AvgIpc) is 2.18. The van der Waals surface area contributed by atoms with Gasteiger partial charge in [-0.3, -0.25) is 4.79 Å². The first-order valence-electron chi connectivity index (χ1n) is 4.86. The number of likely N-dealkylation sites (tertiary alicyclic amines) is 1. The number of nitrogens with zero attached hydrogens (tertiary/aromatic N) is 1. The molecule has 1 fully saturated rings. The van der Waals surface area contributed by atoms with Crippen LogP contribution in [0, 0.1) is 0 Å². The highest BCUT2D eigenvalue weighted by Gasteiger charge is 2.26. The third kappa shape index (κ3) is 2.70. The monoisotopic (exact) mass is 200 g/mol. The van der Waals surface area contributed by atoms with Gasteiger partial charge in [0.1, 0.15) is 0 Å². The van der Waals surface area contributed by atoms with E-state index in [0.29, 0.717) is 13.1 Å². The molecular formula is C9H16N2O3. The molecule has 0 saturated carbocycles. The van der Waals surface area contributed by atoms with E-state index in [1.807, 2.05) is 0 Å². The van der Waals surface area contributed by atoms with Crippen LogP contribution < -0.4 is 5.73 Å². The number of piperidine rings is 1. The molecule has 0 aliphatic carbocycles. The number of amides is 1. The highest BCUT2D eigenvalue weighted by Crippen LogP contribution is 2.08. The molecule has 80 valence electrons. The van der Waals surface area contributed by atoms with E-state index >= 15 is 0 Å². The first-order chi connectivity index (χ1) is 6.65. The number of ether oxygens (including phenoxy) is 1. The SMILES string of the molecule is CCOC(=O)C(=O)N1CCC(N)CC1. The minimum absolute atomic E-state index is 0.154. The van der Waals surface area contributed by atoms with Crippen LogP contribution in [0.1, 0.15) is 19.8 Å². The second kappa shape index (κ2) is 4.95. The Balaban J connectivity index is 2.41. The van der Waals surface area contributed by atoms with Crippen molar-refractivity contribution < 1.29 is 14.3 Å². The molecular weight excluding hydrogens is 184 g/mol. The number of carbonyl (C=O) groups excluding carboxylic acids is 2. The van der Waals surface area contributed by atoms with Crippen LogP contribution in [0.5, 0.6) is 0 Å². The zero-order valence-corrected chi connectivity index (χ0v) is 8.36. The summed E-state index contributed by atoms with van der Waals surface area (Å²) in [6, 6.07) is 0.154. The van der Waals surface area contributed by atoms with Crippen molar-refractivity contribution in [3.05, 3.63) is 0 Å². The van der Waals surface area contributed by atoms with E-state index in [2.05, 4.69) is 4.74 Å². The second-order valence-electron chi connectivity index (χ2n) is 3.35. The van der Waals surface area contributed by atoms with Crippen molar-refractivity contribution in [3.63, 3.8) is 0 Å². The van der Waals surface area contributed by atoms with Crippen LogP contribution in [-0.4, -0.2) is 42.5 Å². The Bertz CT molecular complexity index is 222. The summed E-state index contributed by atoms with van der Waals surface area (Å²) in [5.41, 5.74) is 5.68. The van der Waals surface area contributed by atoms with E-state index in [-0.39, 0.29) is 12.6 Å². The zero-order valence-electron chi connectivity index (χ0n) is 8.36. The lowest BCUT2D eigenvalue weighted by Crippen LogP contribution is -2.45. The van der Waals surface area contributed by atoms with Crippen molar-refractivity contribution in [2.75, 3.05) is 19.7 Å². The topological polar surface area (TPSA) is 72.6 Å². The van der Waals surface area contributed by atoms with Gasteiger partial charge in [0.15, 0.2) is 0 Å². The number of hydrogen-bond donors (Lipinski definition) is 1. The lowest BCUT2D eigenvalue weighted by atomic mass is 10.1. The van der Waals surface area contributed by atoms with Crippen molar-refractivity contribution >= 4 is 11.9 Å². The van der Waals surface area contributed by atoms with Gasteiger partial charge in [0.25, 0.3) is 0 Å². The largest absolute Gasteiger partial charge is 0.459 e. The summed E-state index contributed by atoms with van der Waals surface area (Å²) in [7, 11) is 0. The van der Waals surface area contributed by atoms with E-state index in [9.17, 15) is 9.59 Å². The predicted octanol–water partition coefficient (Wildman–Crippen LogP) is -0.501. The van der Waals surface area contributed by atoms with E-state index in [1.165, 1.54) is 4.90 Å². The molecule has 0 radical (unpaired) electrons. The lowest BCUT2D eigenvalue weighted by molar-refractivity contribution is -0.160. The first-order valence-corrected chi connectivity index (χ1v) is 4.86. The quantitative estimate of drug-likeness (QED) is 0.457. The highest BCUT2D eigenvalue weighted by molar-refractivity contribution is 6.32. The molecule has 0 bridgehead atoms. The van der Waals surface area contributed by atoms with Gasteiger partial charge in [0, 0.05) is 19.1 Å². The fraction of sp³-hybridized carbons (Fsp3) is 0.778. The van der Waals surface area contributed by atoms with Crippen LogP contribution in [0.2, 0.25) is 0 Å². The summed E-state index contributed by atoms with van der Waals surface area (Å²) in [6.45, 7) is 3.02. The summed E-state index contributed by atoms with van der Waals surface area (Å²) >= 11 is 0. The van der Waals surface area contributed by atoms with Gasteiger partial charge in [-0.25, -0.2) is 4.79 Å². The van der Waals surface area contributed by atoms with Gasteiger partial charge >= 0.3 is 11.9 Å². The summed E-state index contributed by atoms with van der Waals surface area (Å²) in [5.74, 6) is -1.30. The van der Waals surface area contributed by atoms with Gasteiger partial charge in [-0.05, 0) is 19.8 Å². The molecule has 1 amide bonds. The fourth-order valence-corrected chi connectivity index (χ4v) is 1.42. The number of carbonyl (C=O) groups is 2.